The maximum Gasteiger partial charge on any atom is 0.161 e. The lowest BCUT2D eigenvalue weighted by molar-refractivity contribution is 0.101. The third-order valence-corrected chi connectivity index (χ3v) is 2.94. The number of carbonyl (C=O) groups is 1. The highest BCUT2D eigenvalue weighted by atomic mass is 16.1. The Hall–Kier alpha value is -1.97. The van der Waals surface area contributed by atoms with Crippen molar-refractivity contribution in [3.8, 4) is 11.1 Å². The first-order chi connectivity index (χ1) is 8.00. The van der Waals surface area contributed by atoms with Crippen molar-refractivity contribution in [3.63, 3.8) is 0 Å². The summed E-state index contributed by atoms with van der Waals surface area (Å²) in [5, 5.41) is 4.37. The fourth-order valence-electron chi connectivity index (χ4n) is 1.96. The number of Topliss-reactive ketones (excluding diaryl/α,β-unsaturated/α-hetero) is 1. The van der Waals surface area contributed by atoms with Crippen molar-refractivity contribution in [1.82, 2.24) is 14.8 Å². The lowest BCUT2D eigenvalue weighted by Gasteiger charge is -2.03. The number of hydrogen-bond acceptors (Lipinski definition) is 3. The quantitative estimate of drug-likeness (QED) is 0.742. The van der Waals surface area contributed by atoms with Gasteiger partial charge in [-0.25, -0.2) is 0 Å². The Morgan fingerprint density at radius 2 is 2.00 bits per heavy atom. The standard InChI is InChI=1S/C13H15N3O/c1-8-13(9(2)16(4)15-8)12-5-11(10(3)17)6-14-7-12/h5-7H,1-4H3. The van der Waals surface area contributed by atoms with Crippen LogP contribution in [0.5, 0.6) is 0 Å². The maximum atomic E-state index is 11.3. The average Bonchev–Trinajstić information content (AvgIpc) is 2.53. The summed E-state index contributed by atoms with van der Waals surface area (Å²) in [6, 6.07) is 1.87. The molecule has 0 N–H and O–H groups in total. The van der Waals surface area contributed by atoms with Crippen molar-refractivity contribution in [2.24, 2.45) is 7.05 Å². The molecule has 0 aromatic carbocycles. The van der Waals surface area contributed by atoms with Crippen LogP contribution in [0.3, 0.4) is 0 Å². The van der Waals surface area contributed by atoms with Gasteiger partial charge in [0.1, 0.15) is 0 Å². The summed E-state index contributed by atoms with van der Waals surface area (Å²) < 4.78 is 1.84. The molecule has 0 atom stereocenters. The van der Waals surface area contributed by atoms with Gasteiger partial charge in [-0.05, 0) is 26.8 Å². The van der Waals surface area contributed by atoms with E-state index in [1.807, 2.05) is 31.6 Å². The molecule has 0 saturated carbocycles. The van der Waals surface area contributed by atoms with Crippen LogP contribution in [0.25, 0.3) is 11.1 Å². The smallest absolute Gasteiger partial charge is 0.161 e. The molecule has 0 fully saturated rings. The molecular weight excluding hydrogens is 214 g/mol. The van der Waals surface area contributed by atoms with Crippen molar-refractivity contribution in [3.05, 3.63) is 35.4 Å². The molecule has 0 unspecified atom stereocenters. The van der Waals surface area contributed by atoms with E-state index in [-0.39, 0.29) is 5.78 Å². The number of nitrogens with zero attached hydrogens (tertiary/aromatic N) is 3. The number of aromatic nitrogens is 3. The molecule has 2 heterocycles. The maximum absolute atomic E-state index is 11.3. The number of ketones is 1. The topological polar surface area (TPSA) is 47.8 Å². The second-order valence-corrected chi connectivity index (χ2v) is 4.19. The van der Waals surface area contributed by atoms with Crippen LogP contribution in [-0.2, 0) is 7.05 Å². The number of carbonyl (C=O) groups excluding carboxylic acids is 1. The minimum Gasteiger partial charge on any atom is -0.294 e. The van der Waals surface area contributed by atoms with E-state index in [2.05, 4.69) is 10.1 Å². The van der Waals surface area contributed by atoms with E-state index in [4.69, 9.17) is 0 Å². The van der Waals surface area contributed by atoms with E-state index < -0.39 is 0 Å². The van der Waals surface area contributed by atoms with Crippen LogP contribution in [0, 0.1) is 13.8 Å². The van der Waals surface area contributed by atoms with Crippen LogP contribution in [0.1, 0.15) is 28.7 Å². The molecule has 4 nitrogen and oxygen atoms in total. The summed E-state index contributed by atoms with van der Waals surface area (Å²) >= 11 is 0. The fraction of sp³-hybridized carbons (Fsp3) is 0.308. The zero-order chi connectivity index (χ0) is 12.6. The van der Waals surface area contributed by atoms with E-state index in [0.29, 0.717) is 5.56 Å². The Balaban J connectivity index is 2.60. The molecule has 0 aliphatic heterocycles. The zero-order valence-electron chi connectivity index (χ0n) is 10.5. The van der Waals surface area contributed by atoms with Crippen molar-refractivity contribution < 1.29 is 4.79 Å². The van der Waals surface area contributed by atoms with Crippen LogP contribution in [0.4, 0.5) is 0 Å². The van der Waals surface area contributed by atoms with Crippen molar-refractivity contribution in [2.45, 2.75) is 20.8 Å². The molecule has 4 heteroatoms. The molecule has 2 rings (SSSR count). The Labute approximate surface area is 100 Å². The summed E-state index contributed by atoms with van der Waals surface area (Å²) in [5.74, 6) is 0.0264. The molecule has 0 amide bonds. The molecular formula is C13H15N3O. The van der Waals surface area contributed by atoms with Crippen molar-refractivity contribution >= 4 is 5.78 Å². The van der Waals surface area contributed by atoms with Gasteiger partial charge in [0.15, 0.2) is 5.78 Å². The highest BCUT2D eigenvalue weighted by Crippen LogP contribution is 2.26. The van der Waals surface area contributed by atoms with Gasteiger partial charge in [-0.15, -0.1) is 0 Å². The van der Waals surface area contributed by atoms with Crippen molar-refractivity contribution in [1.29, 1.82) is 0 Å². The number of aryl methyl sites for hydroxylation is 2. The monoisotopic (exact) mass is 229 g/mol. The Bertz CT molecular complexity index is 584. The first kappa shape index (κ1) is 11.5. The second-order valence-electron chi connectivity index (χ2n) is 4.19. The van der Waals surface area contributed by atoms with Gasteiger partial charge in [0.2, 0.25) is 0 Å². The van der Waals surface area contributed by atoms with Gasteiger partial charge < -0.3 is 0 Å². The van der Waals surface area contributed by atoms with Gasteiger partial charge in [-0.1, -0.05) is 0 Å². The van der Waals surface area contributed by atoms with E-state index in [9.17, 15) is 4.79 Å². The minimum atomic E-state index is 0.0264. The summed E-state index contributed by atoms with van der Waals surface area (Å²) in [7, 11) is 1.91. The van der Waals surface area contributed by atoms with Crippen molar-refractivity contribution in [2.75, 3.05) is 0 Å². The van der Waals surface area contributed by atoms with Crippen LogP contribution < -0.4 is 0 Å². The number of rotatable bonds is 2. The van der Waals surface area contributed by atoms with Crippen LogP contribution in [0.15, 0.2) is 18.5 Å². The predicted octanol–water partition coefficient (Wildman–Crippen LogP) is 2.30. The highest BCUT2D eigenvalue weighted by molar-refractivity contribution is 5.95. The molecule has 0 radical (unpaired) electrons. The Morgan fingerprint density at radius 1 is 1.29 bits per heavy atom. The molecule has 0 saturated heterocycles. The molecule has 0 spiro atoms. The van der Waals surface area contributed by atoms with Gasteiger partial charge in [-0.2, -0.15) is 5.10 Å². The van der Waals surface area contributed by atoms with Gasteiger partial charge in [0.05, 0.1) is 5.69 Å². The molecule has 0 aliphatic rings. The lowest BCUT2D eigenvalue weighted by Crippen LogP contribution is -1.95. The van der Waals surface area contributed by atoms with Gasteiger partial charge in [0.25, 0.3) is 0 Å². The van der Waals surface area contributed by atoms with E-state index >= 15 is 0 Å². The fourth-order valence-corrected chi connectivity index (χ4v) is 1.96. The second kappa shape index (κ2) is 4.13. The first-order valence-corrected chi connectivity index (χ1v) is 5.47. The molecule has 0 bridgehead atoms. The van der Waals surface area contributed by atoms with E-state index in [1.54, 1.807) is 19.3 Å². The molecule has 2 aromatic heterocycles. The molecule has 2 aromatic rings. The highest BCUT2D eigenvalue weighted by Gasteiger charge is 2.12. The molecule has 88 valence electrons. The van der Waals surface area contributed by atoms with Gasteiger partial charge in [0, 0.05) is 41.8 Å². The minimum absolute atomic E-state index is 0.0264. The van der Waals surface area contributed by atoms with Gasteiger partial charge >= 0.3 is 0 Å². The van der Waals surface area contributed by atoms with Gasteiger partial charge in [-0.3, -0.25) is 14.5 Å². The Morgan fingerprint density at radius 3 is 2.53 bits per heavy atom. The molecule has 0 aliphatic carbocycles. The third-order valence-electron chi connectivity index (χ3n) is 2.94. The Kier molecular flexibility index (Phi) is 2.79. The van der Waals surface area contributed by atoms with Crippen LogP contribution >= 0.6 is 0 Å². The number of hydrogen-bond donors (Lipinski definition) is 0. The van der Waals surface area contributed by atoms with Crippen LogP contribution in [-0.4, -0.2) is 20.5 Å². The average molecular weight is 229 g/mol. The summed E-state index contributed by atoms with van der Waals surface area (Å²) in [6.07, 6.45) is 3.36. The zero-order valence-corrected chi connectivity index (χ0v) is 10.5. The summed E-state index contributed by atoms with van der Waals surface area (Å²) in [4.78, 5) is 15.5. The van der Waals surface area contributed by atoms with E-state index in [1.165, 1.54) is 0 Å². The largest absolute Gasteiger partial charge is 0.294 e. The predicted molar refractivity (Wildman–Crippen MR) is 65.9 cm³/mol. The lowest BCUT2D eigenvalue weighted by atomic mass is 10.0. The summed E-state index contributed by atoms with van der Waals surface area (Å²) in [6.45, 7) is 5.52. The number of pyridine rings is 1. The normalized spacial score (nSPS) is 10.6. The van der Waals surface area contributed by atoms with E-state index in [0.717, 1.165) is 22.5 Å². The molecule has 17 heavy (non-hydrogen) atoms. The first-order valence-electron chi connectivity index (χ1n) is 5.47. The third kappa shape index (κ3) is 1.98. The summed E-state index contributed by atoms with van der Waals surface area (Å²) in [5.41, 5.74) is 4.66. The SMILES string of the molecule is CC(=O)c1cncc(-c2c(C)nn(C)c2C)c1. The van der Waals surface area contributed by atoms with Crippen LogP contribution in [0.2, 0.25) is 0 Å².